The smallest absolute Gasteiger partial charge is 0.206 e. The summed E-state index contributed by atoms with van der Waals surface area (Å²) in [6.45, 7) is 1.83. The van der Waals surface area contributed by atoms with Crippen molar-refractivity contribution in [2.75, 3.05) is 0 Å². The third kappa shape index (κ3) is 1.42. The van der Waals surface area contributed by atoms with Gasteiger partial charge in [0.1, 0.15) is 0 Å². The van der Waals surface area contributed by atoms with Crippen LogP contribution in [0.3, 0.4) is 0 Å². The van der Waals surface area contributed by atoms with Crippen molar-refractivity contribution in [1.82, 2.24) is 9.36 Å². The molecular weight excluding hydrogens is 224 g/mol. The molecule has 0 spiro atoms. The minimum absolute atomic E-state index is 0.170. The Morgan fingerprint density at radius 3 is 2.79 bits per heavy atom. The highest BCUT2D eigenvalue weighted by Crippen LogP contribution is 2.31. The molecule has 0 aliphatic carbocycles. The molecule has 0 saturated carbocycles. The van der Waals surface area contributed by atoms with E-state index in [1.165, 1.54) is 0 Å². The van der Waals surface area contributed by atoms with E-state index in [2.05, 4.69) is 4.83 Å². The van der Waals surface area contributed by atoms with Crippen molar-refractivity contribution in [3.8, 4) is 0 Å². The summed E-state index contributed by atoms with van der Waals surface area (Å²) in [7, 11) is -3.48. The van der Waals surface area contributed by atoms with Gasteiger partial charge in [0, 0.05) is 0 Å². The molecule has 1 aliphatic rings. The zero-order chi connectivity index (χ0) is 10.3. The van der Waals surface area contributed by atoms with E-state index in [0.717, 1.165) is 4.53 Å². The lowest BCUT2D eigenvalue weighted by atomic mass is 10.1. The fourth-order valence-electron chi connectivity index (χ4n) is 1.44. The number of sulfonamides is 1. The molecule has 14 heavy (non-hydrogen) atoms. The van der Waals surface area contributed by atoms with E-state index >= 15 is 0 Å². The second kappa shape index (κ2) is 3.20. The van der Waals surface area contributed by atoms with Gasteiger partial charge in [-0.2, -0.15) is 0 Å². The number of benzene rings is 1. The topological polar surface area (TPSA) is 49.4 Å². The largest absolute Gasteiger partial charge is 0.254 e. The number of rotatable bonds is 0. The zero-order valence-corrected chi connectivity index (χ0v) is 9.01. The lowest BCUT2D eigenvalue weighted by Gasteiger charge is -2.29. The summed E-state index contributed by atoms with van der Waals surface area (Å²) in [5.41, 5.74) is 0.709. The SMILES string of the molecule is CC1c2ccccc2S(=O)(=O)NN1Cl. The zero-order valence-electron chi connectivity index (χ0n) is 7.44. The van der Waals surface area contributed by atoms with E-state index in [1.807, 2.05) is 6.92 Å². The highest BCUT2D eigenvalue weighted by molar-refractivity contribution is 7.89. The number of nitrogens with one attached hydrogen (secondary N) is 1. The molecule has 1 aromatic rings. The van der Waals surface area contributed by atoms with E-state index in [1.54, 1.807) is 24.3 Å². The first-order valence-electron chi connectivity index (χ1n) is 4.09. The Morgan fingerprint density at radius 2 is 2.07 bits per heavy atom. The Bertz CT molecular complexity index is 460. The van der Waals surface area contributed by atoms with E-state index in [4.69, 9.17) is 11.8 Å². The van der Waals surface area contributed by atoms with Crippen LogP contribution in [-0.2, 0) is 10.0 Å². The van der Waals surface area contributed by atoms with Crippen LogP contribution >= 0.6 is 11.8 Å². The lowest BCUT2D eigenvalue weighted by Crippen LogP contribution is -2.42. The van der Waals surface area contributed by atoms with Gasteiger partial charge < -0.3 is 0 Å². The average Bonchev–Trinajstić information content (AvgIpc) is 2.14. The summed E-state index contributed by atoms with van der Waals surface area (Å²) in [6, 6.07) is 6.64. The summed E-state index contributed by atoms with van der Waals surface area (Å²) in [5, 5.41) is 0. The third-order valence-corrected chi connectivity index (χ3v) is 4.07. The fourth-order valence-corrected chi connectivity index (χ4v) is 3.11. The second-order valence-electron chi connectivity index (χ2n) is 3.12. The van der Waals surface area contributed by atoms with Gasteiger partial charge in [-0.15, -0.1) is 9.36 Å². The Kier molecular flexibility index (Phi) is 2.27. The van der Waals surface area contributed by atoms with Crippen molar-refractivity contribution >= 4 is 21.8 Å². The van der Waals surface area contributed by atoms with Crippen LogP contribution in [-0.4, -0.2) is 12.9 Å². The summed E-state index contributed by atoms with van der Waals surface area (Å²) < 4.78 is 24.3. The molecular formula is C8H9ClN2O2S. The van der Waals surface area contributed by atoms with Crippen LogP contribution in [0.5, 0.6) is 0 Å². The first-order valence-corrected chi connectivity index (χ1v) is 5.91. The first kappa shape index (κ1) is 9.92. The van der Waals surface area contributed by atoms with Crippen molar-refractivity contribution in [2.45, 2.75) is 17.9 Å². The Hall–Kier alpha value is -0.620. The van der Waals surface area contributed by atoms with Gasteiger partial charge in [-0.25, -0.2) is 8.42 Å². The number of hydrogen-bond donors (Lipinski definition) is 1. The van der Waals surface area contributed by atoms with Gasteiger partial charge in [-0.05, 0) is 30.3 Å². The maximum Gasteiger partial charge on any atom is 0.254 e. The summed E-state index contributed by atoms with van der Waals surface area (Å²) in [4.78, 5) is 2.53. The molecule has 1 unspecified atom stereocenters. The van der Waals surface area contributed by atoms with Crippen molar-refractivity contribution in [1.29, 1.82) is 0 Å². The van der Waals surface area contributed by atoms with E-state index in [-0.39, 0.29) is 6.04 Å². The standard InChI is InChI=1S/C8H9ClN2O2S/c1-6-7-4-2-3-5-8(7)14(12,13)10-11(6)9/h2-6,10H,1H3. The molecule has 2 rings (SSSR count). The molecule has 76 valence electrons. The molecule has 1 aromatic carbocycles. The number of nitrogens with zero attached hydrogens (tertiary/aromatic N) is 1. The third-order valence-electron chi connectivity index (χ3n) is 2.21. The van der Waals surface area contributed by atoms with Crippen LogP contribution in [0.15, 0.2) is 29.2 Å². The highest BCUT2D eigenvalue weighted by Gasteiger charge is 2.31. The van der Waals surface area contributed by atoms with Crippen molar-refractivity contribution < 1.29 is 8.42 Å². The van der Waals surface area contributed by atoms with Gasteiger partial charge in [0.25, 0.3) is 10.0 Å². The predicted octanol–water partition coefficient (Wildman–Crippen LogP) is 1.41. The fraction of sp³-hybridized carbons (Fsp3) is 0.250. The number of halogens is 1. The van der Waals surface area contributed by atoms with Crippen LogP contribution in [0.1, 0.15) is 18.5 Å². The van der Waals surface area contributed by atoms with Crippen LogP contribution in [0.4, 0.5) is 0 Å². The maximum absolute atomic E-state index is 11.6. The molecule has 0 bridgehead atoms. The summed E-state index contributed by atoms with van der Waals surface area (Å²) in [5.74, 6) is 0. The van der Waals surface area contributed by atoms with Gasteiger partial charge in [0.2, 0.25) is 0 Å². The van der Waals surface area contributed by atoms with Crippen LogP contribution in [0.2, 0.25) is 0 Å². The van der Waals surface area contributed by atoms with Gasteiger partial charge in [-0.3, -0.25) is 0 Å². The molecule has 1 N–H and O–H groups in total. The van der Waals surface area contributed by atoms with E-state index < -0.39 is 10.0 Å². The second-order valence-corrected chi connectivity index (χ2v) is 5.11. The Balaban J connectivity index is 2.68. The Labute approximate surface area is 87.6 Å². The Morgan fingerprint density at radius 1 is 1.43 bits per heavy atom. The maximum atomic E-state index is 11.6. The molecule has 0 saturated heterocycles. The van der Waals surface area contributed by atoms with Crippen LogP contribution < -0.4 is 4.83 Å². The van der Waals surface area contributed by atoms with E-state index in [0.29, 0.717) is 10.5 Å². The number of hydrogen-bond acceptors (Lipinski definition) is 3. The van der Waals surface area contributed by atoms with Gasteiger partial charge >= 0.3 is 0 Å². The molecule has 0 fully saturated rings. The highest BCUT2D eigenvalue weighted by atomic mass is 35.5. The molecule has 6 heteroatoms. The first-order chi connectivity index (χ1) is 6.52. The number of fused-ring (bicyclic) bond motifs is 1. The molecule has 0 radical (unpaired) electrons. The summed E-state index contributed by atoms with van der Waals surface area (Å²) in [6.07, 6.45) is 0. The molecule has 1 atom stereocenters. The minimum Gasteiger partial charge on any atom is -0.206 e. The van der Waals surface area contributed by atoms with Crippen LogP contribution in [0, 0.1) is 0 Å². The predicted molar refractivity (Wildman–Crippen MR) is 52.9 cm³/mol. The van der Waals surface area contributed by atoms with E-state index in [9.17, 15) is 8.42 Å². The number of hydrazine groups is 1. The molecule has 1 aliphatic heterocycles. The van der Waals surface area contributed by atoms with Gasteiger partial charge in [-0.1, -0.05) is 18.2 Å². The molecule has 1 heterocycles. The molecule has 4 nitrogen and oxygen atoms in total. The van der Waals surface area contributed by atoms with Gasteiger partial charge in [0.05, 0.1) is 10.9 Å². The molecule has 0 amide bonds. The average molecular weight is 233 g/mol. The van der Waals surface area contributed by atoms with Gasteiger partial charge in [0.15, 0.2) is 0 Å². The summed E-state index contributed by atoms with van der Waals surface area (Å²) >= 11 is 5.72. The molecule has 0 aromatic heterocycles. The monoisotopic (exact) mass is 232 g/mol. The van der Waals surface area contributed by atoms with Crippen molar-refractivity contribution in [3.63, 3.8) is 0 Å². The minimum atomic E-state index is -3.48. The quantitative estimate of drug-likeness (QED) is 0.688. The normalized spacial score (nSPS) is 25.7. The van der Waals surface area contributed by atoms with Crippen molar-refractivity contribution in [2.24, 2.45) is 0 Å². The lowest BCUT2D eigenvalue weighted by molar-refractivity contribution is 0.315. The van der Waals surface area contributed by atoms with Crippen molar-refractivity contribution in [3.05, 3.63) is 29.8 Å². The van der Waals surface area contributed by atoms with Crippen LogP contribution in [0.25, 0.3) is 0 Å².